The molecule has 1 aliphatic heterocycles. The van der Waals surface area contributed by atoms with Gasteiger partial charge < -0.3 is 14.4 Å². The van der Waals surface area contributed by atoms with Gasteiger partial charge in [-0.1, -0.05) is 6.92 Å². The smallest absolute Gasteiger partial charge is 0.173 e. The molecule has 0 unspecified atom stereocenters. The van der Waals surface area contributed by atoms with Crippen LogP contribution in [0.15, 0.2) is 18.2 Å². The molecule has 0 bridgehead atoms. The molecule has 1 fully saturated rings. The van der Waals surface area contributed by atoms with Crippen LogP contribution in [0.1, 0.15) is 44.6 Å². The number of tetrazole rings is 1. The van der Waals surface area contributed by atoms with Gasteiger partial charge in [0.15, 0.2) is 5.82 Å². The van der Waals surface area contributed by atoms with E-state index in [-0.39, 0.29) is 11.6 Å². The maximum atomic E-state index is 5.74. The van der Waals surface area contributed by atoms with E-state index in [0.29, 0.717) is 0 Å². The molecule has 1 saturated heterocycles. The highest BCUT2D eigenvalue weighted by Crippen LogP contribution is 2.37. The summed E-state index contributed by atoms with van der Waals surface area (Å²) in [5.41, 5.74) is 0.874. The quantitative estimate of drug-likeness (QED) is 0.720. The molecule has 0 saturated carbocycles. The van der Waals surface area contributed by atoms with Crippen molar-refractivity contribution in [2.24, 2.45) is 0 Å². The number of aromatic nitrogens is 4. The van der Waals surface area contributed by atoms with E-state index in [1.54, 1.807) is 14.2 Å². The summed E-state index contributed by atoms with van der Waals surface area (Å²) in [6.45, 7) is 10.4. The molecular weight excluding hydrogens is 356 g/mol. The van der Waals surface area contributed by atoms with Gasteiger partial charge in [-0.3, -0.25) is 4.90 Å². The predicted molar refractivity (Wildman–Crippen MR) is 108 cm³/mol. The van der Waals surface area contributed by atoms with Gasteiger partial charge in [0.2, 0.25) is 0 Å². The predicted octanol–water partition coefficient (Wildman–Crippen LogP) is 2.17. The lowest BCUT2D eigenvalue weighted by molar-refractivity contribution is 0.116. The summed E-state index contributed by atoms with van der Waals surface area (Å²) >= 11 is 0. The Kier molecular flexibility index (Phi) is 6.20. The Morgan fingerprint density at radius 2 is 1.82 bits per heavy atom. The highest BCUT2D eigenvalue weighted by Gasteiger charge is 2.35. The summed E-state index contributed by atoms with van der Waals surface area (Å²) < 4.78 is 13.1. The molecule has 1 aliphatic rings. The fourth-order valence-electron chi connectivity index (χ4n) is 3.57. The van der Waals surface area contributed by atoms with Crippen molar-refractivity contribution >= 4 is 0 Å². The molecule has 154 valence electrons. The van der Waals surface area contributed by atoms with Crippen LogP contribution in [0.4, 0.5) is 0 Å². The number of rotatable bonds is 7. The Labute approximate surface area is 167 Å². The molecule has 8 nitrogen and oxygen atoms in total. The molecule has 2 aromatic rings. The minimum atomic E-state index is -0.177. The van der Waals surface area contributed by atoms with Crippen molar-refractivity contribution in [2.75, 3.05) is 47.4 Å². The number of hydrogen-bond donors (Lipinski definition) is 0. The zero-order chi connectivity index (χ0) is 20.3. The van der Waals surface area contributed by atoms with Gasteiger partial charge in [-0.05, 0) is 49.9 Å². The largest absolute Gasteiger partial charge is 0.497 e. The standard InChI is InChI=1S/C20H32N6O2/c1-7-20(2,3)26-19(21-22-23-26)18(25-12-10-24(4)11-13-25)16-9-8-15(27-5)14-17(16)28-6/h8-9,14,18H,7,10-13H2,1-6H3/t18-/m0/s1. The summed E-state index contributed by atoms with van der Waals surface area (Å²) in [5.74, 6) is 2.40. The highest BCUT2D eigenvalue weighted by atomic mass is 16.5. The molecule has 1 aromatic heterocycles. The molecule has 0 aliphatic carbocycles. The van der Waals surface area contributed by atoms with Crippen molar-refractivity contribution in [1.29, 1.82) is 0 Å². The maximum absolute atomic E-state index is 5.74. The number of nitrogens with zero attached hydrogens (tertiary/aromatic N) is 6. The van der Waals surface area contributed by atoms with Gasteiger partial charge in [0.25, 0.3) is 0 Å². The highest BCUT2D eigenvalue weighted by molar-refractivity contribution is 5.44. The Balaban J connectivity index is 2.11. The van der Waals surface area contributed by atoms with Crippen LogP contribution in [-0.2, 0) is 5.54 Å². The third kappa shape index (κ3) is 3.98. The van der Waals surface area contributed by atoms with E-state index in [0.717, 1.165) is 55.5 Å². The van der Waals surface area contributed by atoms with Gasteiger partial charge in [0, 0.05) is 37.8 Å². The molecule has 1 atom stereocenters. The van der Waals surface area contributed by atoms with Crippen molar-refractivity contribution in [3.63, 3.8) is 0 Å². The molecule has 8 heteroatoms. The molecule has 0 amide bonds. The Morgan fingerprint density at radius 1 is 1.11 bits per heavy atom. The Bertz CT molecular complexity index is 783. The van der Waals surface area contributed by atoms with E-state index in [1.165, 1.54) is 0 Å². The van der Waals surface area contributed by atoms with Crippen LogP contribution in [0.3, 0.4) is 0 Å². The van der Waals surface area contributed by atoms with Crippen molar-refractivity contribution in [2.45, 2.75) is 38.8 Å². The van der Waals surface area contributed by atoms with E-state index >= 15 is 0 Å². The lowest BCUT2D eigenvalue weighted by Crippen LogP contribution is -2.47. The van der Waals surface area contributed by atoms with Crippen LogP contribution >= 0.6 is 0 Å². The van der Waals surface area contributed by atoms with Gasteiger partial charge in [-0.15, -0.1) is 5.10 Å². The normalized spacial score (nSPS) is 17.5. The molecule has 3 rings (SSSR count). The van der Waals surface area contributed by atoms with Gasteiger partial charge in [0.1, 0.15) is 17.5 Å². The van der Waals surface area contributed by atoms with Gasteiger partial charge in [-0.2, -0.15) is 0 Å². The molecule has 2 heterocycles. The van der Waals surface area contributed by atoms with E-state index in [4.69, 9.17) is 9.47 Å². The number of hydrogen-bond acceptors (Lipinski definition) is 7. The van der Waals surface area contributed by atoms with Gasteiger partial charge in [-0.25, -0.2) is 4.68 Å². The number of benzene rings is 1. The summed E-state index contributed by atoms with van der Waals surface area (Å²) in [6.07, 6.45) is 0.931. The first kappa shape index (κ1) is 20.5. The first-order chi connectivity index (χ1) is 13.4. The number of methoxy groups -OCH3 is 2. The summed E-state index contributed by atoms with van der Waals surface area (Å²) in [5, 5.41) is 12.9. The zero-order valence-electron chi connectivity index (χ0n) is 17.8. The van der Waals surface area contributed by atoms with Crippen LogP contribution in [0.2, 0.25) is 0 Å². The van der Waals surface area contributed by atoms with Crippen molar-refractivity contribution in [1.82, 2.24) is 30.0 Å². The first-order valence-corrected chi connectivity index (χ1v) is 9.84. The second-order valence-electron chi connectivity index (χ2n) is 7.96. The van der Waals surface area contributed by atoms with Gasteiger partial charge in [0.05, 0.1) is 19.8 Å². The third-order valence-corrected chi connectivity index (χ3v) is 5.82. The van der Waals surface area contributed by atoms with Crippen LogP contribution in [-0.4, -0.2) is 77.5 Å². The lowest BCUT2D eigenvalue weighted by atomic mass is 9.98. The molecule has 1 aromatic carbocycles. The minimum absolute atomic E-state index is 0.0876. The van der Waals surface area contributed by atoms with E-state index < -0.39 is 0 Å². The lowest BCUT2D eigenvalue weighted by Gasteiger charge is -2.39. The average molecular weight is 389 g/mol. The molecule has 0 spiro atoms. The molecule has 0 N–H and O–H groups in total. The Hall–Kier alpha value is -2.19. The summed E-state index contributed by atoms with van der Waals surface area (Å²) in [4.78, 5) is 4.79. The Morgan fingerprint density at radius 3 is 2.43 bits per heavy atom. The van der Waals surface area contributed by atoms with Crippen LogP contribution in [0, 0.1) is 0 Å². The minimum Gasteiger partial charge on any atom is -0.497 e. The topological polar surface area (TPSA) is 68.5 Å². The van der Waals surface area contributed by atoms with E-state index in [1.807, 2.05) is 16.8 Å². The van der Waals surface area contributed by atoms with E-state index in [9.17, 15) is 0 Å². The van der Waals surface area contributed by atoms with Crippen molar-refractivity contribution in [3.8, 4) is 11.5 Å². The van der Waals surface area contributed by atoms with Crippen LogP contribution in [0.5, 0.6) is 11.5 Å². The molecular formula is C20H32N6O2. The second kappa shape index (κ2) is 8.45. The SMILES string of the molecule is CCC(C)(C)n1nnnc1[C@H](c1ccc(OC)cc1OC)N1CCN(C)CC1. The number of piperazine rings is 1. The fraction of sp³-hybridized carbons (Fsp3) is 0.650. The summed E-state index contributed by atoms with van der Waals surface area (Å²) in [7, 11) is 5.51. The summed E-state index contributed by atoms with van der Waals surface area (Å²) in [6, 6.07) is 5.88. The van der Waals surface area contributed by atoms with Crippen LogP contribution in [0.25, 0.3) is 0 Å². The number of ether oxygens (including phenoxy) is 2. The first-order valence-electron chi connectivity index (χ1n) is 9.84. The second-order valence-corrected chi connectivity index (χ2v) is 7.96. The zero-order valence-corrected chi connectivity index (χ0v) is 17.8. The van der Waals surface area contributed by atoms with Gasteiger partial charge >= 0.3 is 0 Å². The third-order valence-electron chi connectivity index (χ3n) is 5.82. The average Bonchev–Trinajstić information content (AvgIpc) is 3.20. The fourth-order valence-corrected chi connectivity index (χ4v) is 3.57. The number of likely N-dealkylation sites (N-methyl/N-ethyl adjacent to an activating group) is 1. The molecule has 0 radical (unpaired) electrons. The van der Waals surface area contributed by atoms with Crippen LogP contribution < -0.4 is 9.47 Å². The monoisotopic (exact) mass is 388 g/mol. The van der Waals surface area contributed by atoms with Crippen molar-refractivity contribution < 1.29 is 9.47 Å². The molecule has 28 heavy (non-hydrogen) atoms. The van der Waals surface area contributed by atoms with Crippen molar-refractivity contribution in [3.05, 3.63) is 29.6 Å². The maximum Gasteiger partial charge on any atom is 0.173 e. The van der Waals surface area contributed by atoms with E-state index in [2.05, 4.69) is 59.2 Å².